The number of carbonyl (C=O) groups excluding carboxylic acids is 2. The lowest BCUT2D eigenvalue weighted by Gasteiger charge is -2.34. The third-order valence-electron chi connectivity index (χ3n) is 8.10. The number of hydrogen-bond acceptors (Lipinski definition) is 5. The topological polar surface area (TPSA) is 90.3 Å². The first kappa shape index (κ1) is 24.0. The van der Waals surface area contributed by atoms with E-state index in [1.807, 2.05) is 61.5 Å². The van der Waals surface area contributed by atoms with Gasteiger partial charge in [-0.2, -0.15) is 0 Å². The van der Waals surface area contributed by atoms with E-state index in [0.717, 1.165) is 29.8 Å². The van der Waals surface area contributed by atoms with Crippen LogP contribution < -0.4 is 4.90 Å². The predicted octanol–water partition coefficient (Wildman–Crippen LogP) is 3.36. The normalized spacial score (nSPS) is 30.4. The average molecular weight is 479 g/mol. The van der Waals surface area contributed by atoms with Gasteiger partial charge in [-0.25, -0.2) is 0 Å². The van der Waals surface area contributed by atoms with Gasteiger partial charge in [-0.1, -0.05) is 43.3 Å². The first-order chi connectivity index (χ1) is 16.7. The minimum absolute atomic E-state index is 0.0536. The van der Waals surface area contributed by atoms with E-state index >= 15 is 0 Å². The molecule has 1 spiro atoms. The molecule has 0 radical (unpaired) electrons. The van der Waals surface area contributed by atoms with Gasteiger partial charge in [0, 0.05) is 29.6 Å². The number of para-hydroxylation sites is 2. The number of aliphatic hydroxyl groups is 2. The summed E-state index contributed by atoms with van der Waals surface area (Å²) in [6, 6.07) is 16.9. The standard InChI is InChI=1S/C28H34N2O5/c1-18-25(27(2,3)34)23(16-24(32)29-15-9-12-20(29)17-31)35-28(18)21-13-7-8-14-22(21)30(26(28)33)19-10-5-4-6-11-19/h4-8,10-11,13-14,18,20,23,25,31,34H,9,12,15-17H2,1-3H3/t18-,20-,23+,25-,28+/m0/s1. The fraction of sp³-hybridized carbons (Fsp3) is 0.500. The minimum atomic E-state index is -1.30. The molecule has 3 aliphatic rings. The van der Waals surface area contributed by atoms with Crippen molar-refractivity contribution in [1.82, 2.24) is 4.90 Å². The predicted molar refractivity (Wildman–Crippen MR) is 132 cm³/mol. The van der Waals surface area contributed by atoms with Crippen LogP contribution in [0, 0.1) is 11.8 Å². The van der Waals surface area contributed by atoms with Crippen LogP contribution in [0.15, 0.2) is 54.6 Å². The molecule has 7 nitrogen and oxygen atoms in total. The molecule has 2 aromatic rings. The van der Waals surface area contributed by atoms with Crippen molar-refractivity contribution >= 4 is 23.2 Å². The zero-order valence-electron chi connectivity index (χ0n) is 20.6. The summed E-state index contributed by atoms with van der Waals surface area (Å²) in [5.41, 5.74) is -0.203. The van der Waals surface area contributed by atoms with Crippen molar-refractivity contribution in [2.75, 3.05) is 18.1 Å². The summed E-state index contributed by atoms with van der Waals surface area (Å²) in [5.74, 6) is -1.14. The Kier molecular flexibility index (Phi) is 5.98. The minimum Gasteiger partial charge on any atom is -0.394 e. The van der Waals surface area contributed by atoms with Crippen molar-refractivity contribution in [2.24, 2.45) is 11.8 Å². The molecular weight excluding hydrogens is 444 g/mol. The van der Waals surface area contributed by atoms with E-state index < -0.39 is 23.2 Å². The zero-order valence-corrected chi connectivity index (χ0v) is 20.6. The fourth-order valence-corrected chi connectivity index (χ4v) is 6.63. The zero-order chi connectivity index (χ0) is 25.0. The van der Waals surface area contributed by atoms with Gasteiger partial charge < -0.3 is 19.8 Å². The molecule has 3 aliphatic heterocycles. The molecule has 0 unspecified atom stereocenters. The van der Waals surface area contributed by atoms with Gasteiger partial charge in [0.2, 0.25) is 5.91 Å². The molecule has 0 aromatic heterocycles. The van der Waals surface area contributed by atoms with Gasteiger partial charge in [-0.3, -0.25) is 14.5 Å². The molecular formula is C28H34N2O5. The van der Waals surface area contributed by atoms with Gasteiger partial charge in [0.05, 0.1) is 36.5 Å². The van der Waals surface area contributed by atoms with Crippen molar-refractivity contribution in [1.29, 1.82) is 0 Å². The molecule has 5 atom stereocenters. The number of ether oxygens (including phenoxy) is 1. The van der Waals surface area contributed by atoms with Crippen molar-refractivity contribution in [2.45, 2.75) is 63.4 Å². The largest absolute Gasteiger partial charge is 0.394 e. The Bertz CT molecular complexity index is 1110. The van der Waals surface area contributed by atoms with Gasteiger partial charge in [-0.05, 0) is 44.9 Å². The van der Waals surface area contributed by atoms with Crippen LogP contribution in [-0.4, -0.2) is 57.8 Å². The van der Waals surface area contributed by atoms with Crippen LogP contribution in [0.25, 0.3) is 0 Å². The highest BCUT2D eigenvalue weighted by molar-refractivity contribution is 6.12. The molecule has 2 fully saturated rings. The fourth-order valence-electron chi connectivity index (χ4n) is 6.63. The maximum Gasteiger partial charge on any atom is 0.268 e. The SMILES string of the molecule is C[C@H]1[C@H](C(C)(C)O)[C@@H](CC(=O)N2CCC[C@H]2CO)O[C@]12C(=O)N(c1ccccc1)c1ccccc12. The molecule has 35 heavy (non-hydrogen) atoms. The van der Waals surface area contributed by atoms with Crippen LogP contribution in [0.1, 0.15) is 45.6 Å². The summed E-state index contributed by atoms with van der Waals surface area (Å²) in [7, 11) is 0. The number of rotatable bonds is 5. The van der Waals surface area contributed by atoms with Crippen LogP contribution in [-0.2, 0) is 19.9 Å². The highest BCUT2D eigenvalue weighted by Crippen LogP contribution is 2.58. The summed E-state index contributed by atoms with van der Waals surface area (Å²) in [4.78, 5) is 31.0. The van der Waals surface area contributed by atoms with Crippen molar-refractivity contribution in [3.63, 3.8) is 0 Å². The molecule has 0 aliphatic carbocycles. The lowest BCUT2D eigenvalue weighted by atomic mass is 9.71. The molecule has 2 saturated heterocycles. The number of likely N-dealkylation sites (tertiary alicyclic amines) is 1. The second kappa shape index (κ2) is 8.73. The Morgan fingerprint density at radius 1 is 1.14 bits per heavy atom. The Morgan fingerprint density at radius 2 is 1.83 bits per heavy atom. The quantitative estimate of drug-likeness (QED) is 0.688. The Hall–Kier alpha value is -2.74. The molecule has 2 N–H and O–H groups in total. The van der Waals surface area contributed by atoms with Crippen molar-refractivity contribution < 1.29 is 24.5 Å². The summed E-state index contributed by atoms with van der Waals surface area (Å²) in [6.45, 7) is 5.93. The maximum atomic E-state index is 14.2. The van der Waals surface area contributed by atoms with Gasteiger partial charge >= 0.3 is 0 Å². The maximum absolute atomic E-state index is 14.2. The Labute approximate surface area is 206 Å². The average Bonchev–Trinajstić information content (AvgIpc) is 3.49. The van der Waals surface area contributed by atoms with Gasteiger partial charge in [0.25, 0.3) is 5.91 Å². The van der Waals surface area contributed by atoms with E-state index in [9.17, 15) is 19.8 Å². The highest BCUT2D eigenvalue weighted by atomic mass is 16.5. The first-order valence-corrected chi connectivity index (χ1v) is 12.5. The summed E-state index contributed by atoms with van der Waals surface area (Å²) in [5, 5.41) is 20.9. The molecule has 2 amide bonds. The smallest absolute Gasteiger partial charge is 0.268 e. The van der Waals surface area contributed by atoms with E-state index in [2.05, 4.69) is 0 Å². The van der Waals surface area contributed by atoms with Crippen molar-refractivity contribution in [3.05, 3.63) is 60.2 Å². The molecule has 0 saturated carbocycles. The number of hydrogen-bond donors (Lipinski definition) is 2. The van der Waals surface area contributed by atoms with Gasteiger partial charge in [0.15, 0.2) is 5.60 Å². The van der Waals surface area contributed by atoms with E-state index in [1.165, 1.54) is 0 Å². The van der Waals surface area contributed by atoms with Gasteiger partial charge in [-0.15, -0.1) is 0 Å². The van der Waals surface area contributed by atoms with Crippen LogP contribution in [0.2, 0.25) is 0 Å². The van der Waals surface area contributed by atoms with Crippen LogP contribution >= 0.6 is 0 Å². The Balaban J connectivity index is 1.55. The van der Waals surface area contributed by atoms with Crippen LogP contribution in [0.5, 0.6) is 0 Å². The number of nitrogens with zero attached hydrogens (tertiary/aromatic N) is 2. The van der Waals surface area contributed by atoms with Crippen LogP contribution in [0.4, 0.5) is 11.4 Å². The Morgan fingerprint density at radius 3 is 2.51 bits per heavy atom. The van der Waals surface area contributed by atoms with E-state index in [-0.39, 0.29) is 36.8 Å². The number of fused-ring (bicyclic) bond motifs is 2. The van der Waals surface area contributed by atoms with E-state index in [0.29, 0.717) is 6.54 Å². The molecule has 5 rings (SSSR count). The second-order valence-electron chi connectivity index (χ2n) is 10.6. The van der Waals surface area contributed by atoms with Crippen molar-refractivity contribution in [3.8, 4) is 0 Å². The number of carbonyl (C=O) groups is 2. The van der Waals surface area contributed by atoms with Crippen LogP contribution in [0.3, 0.4) is 0 Å². The molecule has 2 aromatic carbocycles. The second-order valence-corrected chi connectivity index (χ2v) is 10.6. The number of amides is 2. The lowest BCUT2D eigenvalue weighted by molar-refractivity contribution is -0.150. The monoisotopic (exact) mass is 478 g/mol. The number of aliphatic hydroxyl groups excluding tert-OH is 1. The first-order valence-electron chi connectivity index (χ1n) is 12.5. The summed E-state index contributed by atoms with van der Waals surface area (Å²) < 4.78 is 6.69. The molecule has 3 heterocycles. The number of anilines is 2. The molecule has 7 heteroatoms. The summed E-state index contributed by atoms with van der Waals surface area (Å²) in [6.07, 6.45) is 1.04. The van der Waals surface area contributed by atoms with Gasteiger partial charge in [0.1, 0.15) is 0 Å². The molecule has 186 valence electrons. The molecule has 0 bridgehead atoms. The summed E-state index contributed by atoms with van der Waals surface area (Å²) >= 11 is 0. The highest BCUT2D eigenvalue weighted by Gasteiger charge is 2.66. The van der Waals surface area contributed by atoms with E-state index in [4.69, 9.17) is 4.74 Å². The third kappa shape index (κ3) is 3.68. The lowest BCUT2D eigenvalue weighted by Crippen LogP contribution is -2.46. The van der Waals surface area contributed by atoms with E-state index in [1.54, 1.807) is 23.6 Å². The third-order valence-corrected chi connectivity index (χ3v) is 8.10. The number of benzene rings is 2.